The van der Waals surface area contributed by atoms with Gasteiger partial charge < -0.3 is 20.8 Å². The third-order valence-corrected chi connectivity index (χ3v) is 1.56. The highest BCUT2D eigenvalue weighted by Gasteiger charge is 2.30. The Kier molecular flexibility index (Phi) is 4.82. The molecule has 0 rings (SSSR count). The minimum atomic E-state index is -4.49. The van der Waals surface area contributed by atoms with Crippen LogP contribution in [0.25, 0.3) is 0 Å². The molecule has 8 heteroatoms. The molecule has 0 saturated heterocycles. The number of halogens is 3. The van der Waals surface area contributed by atoms with Crippen molar-refractivity contribution >= 4 is 6.03 Å². The molecule has 5 nitrogen and oxygen atoms in total. The van der Waals surface area contributed by atoms with E-state index in [2.05, 4.69) is 0 Å². The van der Waals surface area contributed by atoms with Crippen molar-refractivity contribution in [1.29, 1.82) is 0 Å². The van der Waals surface area contributed by atoms with Gasteiger partial charge in [0.2, 0.25) is 0 Å². The fourth-order valence-corrected chi connectivity index (χ4v) is 0.628. The Balaban J connectivity index is 4.04. The SMILES string of the molecule is CC(CO)(CO)NC(=O)NCC(F)(F)F. The van der Waals surface area contributed by atoms with Gasteiger partial charge in [-0.1, -0.05) is 0 Å². The van der Waals surface area contributed by atoms with Gasteiger partial charge in [-0.25, -0.2) is 4.79 Å². The van der Waals surface area contributed by atoms with Crippen molar-refractivity contribution in [1.82, 2.24) is 10.6 Å². The number of amides is 2. The Morgan fingerprint density at radius 1 is 1.27 bits per heavy atom. The number of carbonyl (C=O) groups excluding carboxylic acids is 1. The van der Waals surface area contributed by atoms with Crippen LogP contribution in [0, 0.1) is 0 Å². The highest BCUT2D eigenvalue weighted by atomic mass is 19.4. The van der Waals surface area contributed by atoms with Crippen LogP contribution < -0.4 is 10.6 Å². The summed E-state index contributed by atoms with van der Waals surface area (Å²) in [5.41, 5.74) is -1.34. The third-order valence-electron chi connectivity index (χ3n) is 1.56. The van der Waals surface area contributed by atoms with Crippen LogP contribution >= 0.6 is 0 Å². The summed E-state index contributed by atoms with van der Waals surface area (Å²) in [5.74, 6) is 0. The number of urea groups is 1. The summed E-state index contributed by atoms with van der Waals surface area (Å²) in [7, 11) is 0. The van der Waals surface area contributed by atoms with Crippen LogP contribution in [0.15, 0.2) is 0 Å². The second-order valence-electron chi connectivity index (χ2n) is 3.30. The average molecular weight is 230 g/mol. The van der Waals surface area contributed by atoms with E-state index in [9.17, 15) is 18.0 Å². The predicted molar refractivity (Wildman–Crippen MR) is 45.2 cm³/mol. The molecule has 90 valence electrons. The molecule has 2 amide bonds. The van der Waals surface area contributed by atoms with E-state index in [0.29, 0.717) is 0 Å². The smallest absolute Gasteiger partial charge is 0.394 e. The summed E-state index contributed by atoms with van der Waals surface area (Å²) in [6.07, 6.45) is -4.49. The quantitative estimate of drug-likeness (QED) is 0.530. The second kappa shape index (κ2) is 5.17. The van der Waals surface area contributed by atoms with Crippen LogP contribution in [0.1, 0.15) is 6.92 Å². The molecule has 0 spiro atoms. The number of alkyl halides is 3. The van der Waals surface area contributed by atoms with Crippen molar-refractivity contribution in [3.8, 4) is 0 Å². The summed E-state index contributed by atoms with van der Waals surface area (Å²) >= 11 is 0. The van der Waals surface area contributed by atoms with E-state index in [1.54, 1.807) is 5.32 Å². The van der Waals surface area contributed by atoms with Crippen LogP contribution in [0.5, 0.6) is 0 Å². The summed E-state index contributed by atoms with van der Waals surface area (Å²) in [4.78, 5) is 10.9. The maximum Gasteiger partial charge on any atom is 0.405 e. The molecule has 0 heterocycles. The molecule has 0 atom stereocenters. The molecule has 0 aromatic carbocycles. The van der Waals surface area contributed by atoms with Crippen LogP contribution in [-0.2, 0) is 0 Å². The van der Waals surface area contributed by atoms with Crippen molar-refractivity contribution in [2.75, 3.05) is 19.8 Å². The molecule has 0 aliphatic carbocycles. The zero-order chi connectivity index (χ0) is 12.1. The summed E-state index contributed by atoms with van der Waals surface area (Å²) in [6.45, 7) is -1.34. The van der Waals surface area contributed by atoms with Crippen LogP contribution in [0.2, 0.25) is 0 Å². The largest absolute Gasteiger partial charge is 0.405 e. The highest BCUT2D eigenvalue weighted by Crippen LogP contribution is 2.12. The van der Waals surface area contributed by atoms with Gasteiger partial charge in [0.15, 0.2) is 0 Å². The first kappa shape index (κ1) is 14.0. The van der Waals surface area contributed by atoms with Gasteiger partial charge in [0.1, 0.15) is 6.54 Å². The fraction of sp³-hybridized carbons (Fsp3) is 0.857. The monoisotopic (exact) mass is 230 g/mol. The molecule has 0 aromatic rings. The maximum atomic E-state index is 11.7. The molecule has 15 heavy (non-hydrogen) atoms. The number of aliphatic hydroxyl groups is 2. The highest BCUT2D eigenvalue weighted by molar-refractivity contribution is 5.74. The van der Waals surface area contributed by atoms with E-state index in [1.807, 2.05) is 5.32 Å². The first-order valence-electron chi connectivity index (χ1n) is 4.07. The van der Waals surface area contributed by atoms with Crippen LogP contribution in [0.4, 0.5) is 18.0 Å². The summed E-state index contributed by atoms with van der Waals surface area (Å²) < 4.78 is 35.0. The molecule has 0 saturated carbocycles. The Hall–Kier alpha value is -1.02. The third kappa shape index (κ3) is 6.13. The number of aliphatic hydroxyl groups excluding tert-OH is 2. The summed E-state index contributed by atoms with van der Waals surface area (Å²) in [6, 6.07) is -1.10. The summed E-state index contributed by atoms with van der Waals surface area (Å²) in [5, 5.41) is 21.0. The van der Waals surface area contributed by atoms with Gasteiger partial charge in [-0.3, -0.25) is 0 Å². The maximum absolute atomic E-state index is 11.7. The topological polar surface area (TPSA) is 81.6 Å². The lowest BCUT2D eigenvalue weighted by Gasteiger charge is -2.26. The van der Waals surface area contributed by atoms with Gasteiger partial charge in [-0.2, -0.15) is 13.2 Å². The molecule has 0 fully saturated rings. The lowest BCUT2D eigenvalue weighted by Crippen LogP contribution is -2.55. The average Bonchev–Trinajstić information content (AvgIpc) is 2.13. The Morgan fingerprint density at radius 3 is 2.07 bits per heavy atom. The van der Waals surface area contributed by atoms with E-state index < -0.39 is 37.5 Å². The van der Waals surface area contributed by atoms with Crippen molar-refractivity contribution in [2.24, 2.45) is 0 Å². The fourth-order valence-electron chi connectivity index (χ4n) is 0.628. The zero-order valence-corrected chi connectivity index (χ0v) is 8.06. The van der Waals surface area contributed by atoms with Gasteiger partial charge >= 0.3 is 12.2 Å². The Morgan fingerprint density at radius 2 is 1.73 bits per heavy atom. The van der Waals surface area contributed by atoms with Crippen molar-refractivity contribution in [3.05, 3.63) is 0 Å². The van der Waals surface area contributed by atoms with Crippen molar-refractivity contribution < 1.29 is 28.2 Å². The van der Waals surface area contributed by atoms with E-state index in [1.165, 1.54) is 6.92 Å². The molecule has 0 aliphatic rings. The molecule has 0 aliphatic heterocycles. The number of nitrogens with one attached hydrogen (secondary N) is 2. The number of hydrogen-bond donors (Lipinski definition) is 4. The lowest BCUT2D eigenvalue weighted by atomic mass is 10.1. The molecule has 0 unspecified atom stereocenters. The van der Waals surface area contributed by atoms with Gasteiger partial charge in [0.25, 0.3) is 0 Å². The van der Waals surface area contributed by atoms with Gasteiger partial charge in [0, 0.05) is 0 Å². The predicted octanol–water partition coefficient (Wildman–Crippen LogP) is -0.409. The molecular formula is C7H13F3N2O3. The Bertz CT molecular complexity index is 216. The minimum absolute atomic E-state index is 0.580. The first-order chi connectivity index (χ1) is 6.72. The van der Waals surface area contributed by atoms with Crippen LogP contribution in [-0.4, -0.2) is 47.7 Å². The molecule has 0 aromatic heterocycles. The van der Waals surface area contributed by atoms with Gasteiger partial charge in [-0.05, 0) is 6.92 Å². The normalized spacial score (nSPS) is 12.4. The standard InChI is InChI=1S/C7H13F3N2O3/c1-6(3-13,4-14)12-5(15)11-2-7(8,9)10/h13-14H,2-4H2,1H3,(H2,11,12,15). The van der Waals surface area contributed by atoms with E-state index in [4.69, 9.17) is 10.2 Å². The molecule has 0 bridgehead atoms. The molecule has 4 N–H and O–H groups in total. The first-order valence-corrected chi connectivity index (χ1v) is 4.07. The lowest BCUT2D eigenvalue weighted by molar-refractivity contribution is -0.122. The number of rotatable bonds is 4. The van der Waals surface area contributed by atoms with Gasteiger partial charge in [-0.15, -0.1) is 0 Å². The second-order valence-corrected chi connectivity index (χ2v) is 3.30. The van der Waals surface area contributed by atoms with Crippen LogP contribution in [0.3, 0.4) is 0 Å². The minimum Gasteiger partial charge on any atom is -0.394 e. The molecule has 0 radical (unpaired) electrons. The van der Waals surface area contributed by atoms with E-state index >= 15 is 0 Å². The number of hydrogen-bond acceptors (Lipinski definition) is 3. The van der Waals surface area contributed by atoms with Crippen molar-refractivity contribution in [2.45, 2.75) is 18.6 Å². The van der Waals surface area contributed by atoms with E-state index in [-0.39, 0.29) is 0 Å². The van der Waals surface area contributed by atoms with E-state index in [0.717, 1.165) is 0 Å². The van der Waals surface area contributed by atoms with Crippen molar-refractivity contribution in [3.63, 3.8) is 0 Å². The van der Waals surface area contributed by atoms with Gasteiger partial charge in [0.05, 0.1) is 18.8 Å². The Labute approximate surface area is 84.3 Å². The zero-order valence-electron chi connectivity index (χ0n) is 8.06. The number of carbonyl (C=O) groups is 1. The molecular weight excluding hydrogens is 217 g/mol.